The van der Waals surface area contributed by atoms with Crippen LogP contribution in [0.15, 0.2) is 78.9 Å². The summed E-state index contributed by atoms with van der Waals surface area (Å²) in [5.74, 6) is 1.52. The van der Waals surface area contributed by atoms with Crippen LogP contribution in [0.5, 0.6) is 5.75 Å². The first kappa shape index (κ1) is 20.1. The third-order valence-corrected chi connectivity index (χ3v) is 6.02. The van der Waals surface area contributed by atoms with E-state index in [0.717, 1.165) is 44.9 Å². The molecular weight excluding hydrogens is 398 g/mol. The number of rotatable bonds is 4. The lowest BCUT2D eigenvalue weighted by molar-refractivity contribution is 0.0733. The normalized spacial score (nSPS) is 16.0. The highest BCUT2D eigenvalue weighted by molar-refractivity contribution is 6.01. The summed E-state index contributed by atoms with van der Waals surface area (Å²) < 4.78 is 5.32. The number of hydrogen-bond acceptors (Lipinski definition) is 3. The first-order valence-electron chi connectivity index (χ1n) is 10.7. The monoisotopic (exact) mass is 423 g/mol. The molecule has 0 saturated carbocycles. The molecule has 1 amide bonds. The number of amides is 1. The molecular formula is C27H25N3O2. The maximum absolute atomic E-state index is 13.8. The standard InChI is InChI=1S/C27H25N3O2/c1-17-7-6-8-19(13-17)21-9-4-5-10-22(21)27(31)30-16-18(2)14-25(30)26-28-23-12-11-20(32-3)15-24(23)29-26/h4-13,15,25H,2,14,16H2,1,3H3,(H,28,29). The number of aryl methyl sites for hydroxylation is 1. The maximum atomic E-state index is 13.8. The van der Waals surface area contributed by atoms with Gasteiger partial charge in [0.25, 0.3) is 5.91 Å². The minimum absolute atomic E-state index is 0.0104. The number of nitrogens with zero attached hydrogens (tertiary/aromatic N) is 2. The van der Waals surface area contributed by atoms with Crippen molar-refractivity contribution < 1.29 is 9.53 Å². The Hall–Kier alpha value is -3.86. The number of aromatic amines is 1. The van der Waals surface area contributed by atoms with E-state index in [2.05, 4.69) is 30.6 Å². The molecule has 1 aromatic heterocycles. The number of H-pyrrole nitrogens is 1. The lowest BCUT2D eigenvalue weighted by Crippen LogP contribution is -2.31. The highest BCUT2D eigenvalue weighted by Crippen LogP contribution is 2.37. The van der Waals surface area contributed by atoms with Crippen molar-refractivity contribution >= 4 is 16.9 Å². The quantitative estimate of drug-likeness (QED) is 0.429. The zero-order chi connectivity index (χ0) is 22.2. The highest BCUT2D eigenvalue weighted by atomic mass is 16.5. The van der Waals surface area contributed by atoms with Crippen molar-refractivity contribution in [2.75, 3.05) is 13.7 Å². The molecule has 5 rings (SSSR count). The molecule has 1 unspecified atom stereocenters. The molecule has 4 aromatic rings. The lowest BCUT2D eigenvalue weighted by Gasteiger charge is -2.24. The molecule has 5 heteroatoms. The fourth-order valence-electron chi connectivity index (χ4n) is 4.44. The summed E-state index contributed by atoms with van der Waals surface area (Å²) in [4.78, 5) is 23.9. The van der Waals surface area contributed by atoms with Gasteiger partial charge in [0, 0.05) is 18.2 Å². The summed E-state index contributed by atoms with van der Waals surface area (Å²) in [6.07, 6.45) is 0.690. The molecule has 0 bridgehead atoms. The molecule has 1 saturated heterocycles. The largest absolute Gasteiger partial charge is 0.497 e. The van der Waals surface area contributed by atoms with Crippen LogP contribution in [0.2, 0.25) is 0 Å². The number of carbonyl (C=O) groups is 1. The van der Waals surface area contributed by atoms with Gasteiger partial charge in [-0.05, 0) is 42.7 Å². The minimum atomic E-state index is -0.182. The van der Waals surface area contributed by atoms with Crippen LogP contribution in [0.4, 0.5) is 0 Å². The average Bonchev–Trinajstić information content (AvgIpc) is 3.41. The Morgan fingerprint density at radius 3 is 2.78 bits per heavy atom. The number of benzene rings is 3. The Bertz CT molecular complexity index is 1340. The molecule has 1 fully saturated rings. The summed E-state index contributed by atoms with van der Waals surface area (Å²) in [7, 11) is 1.64. The van der Waals surface area contributed by atoms with E-state index in [0.29, 0.717) is 18.5 Å². The van der Waals surface area contributed by atoms with Crippen molar-refractivity contribution in [1.29, 1.82) is 0 Å². The zero-order valence-electron chi connectivity index (χ0n) is 18.3. The van der Waals surface area contributed by atoms with Gasteiger partial charge in [-0.2, -0.15) is 0 Å². The molecule has 1 aliphatic heterocycles. The van der Waals surface area contributed by atoms with Crippen molar-refractivity contribution in [3.8, 4) is 16.9 Å². The average molecular weight is 424 g/mol. The fraction of sp³-hybridized carbons (Fsp3) is 0.185. The maximum Gasteiger partial charge on any atom is 0.255 e. The highest BCUT2D eigenvalue weighted by Gasteiger charge is 2.35. The fourth-order valence-corrected chi connectivity index (χ4v) is 4.44. The molecule has 3 aromatic carbocycles. The van der Waals surface area contributed by atoms with Gasteiger partial charge in [0.1, 0.15) is 11.6 Å². The molecule has 0 spiro atoms. The van der Waals surface area contributed by atoms with E-state index < -0.39 is 0 Å². The van der Waals surface area contributed by atoms with Crippen LogP contribution >= 0.6 is 0 Å². The van der Waals surface area contributed by atoms with Gasteiger partial charge >= 0.3 is 0 Å². The van der Waals surface area contributed by atoms with Gasteiger partial charge in [-0.15, -0.1) is 0 Å². The van der Waals surface area contributed by atoms with E-state index in [9.17, 15) is 4.79 Å². The van der Waals surface area contributed by atoms with Gasteiger partial charge in [0.2, 0.25) is 0 Å². The van der Waals surface area contributed by atoms with Crippen LogP contribution in [0.25, 0.3) is 22.2 Å². The Morgan fingerprint density at radius 2 is 1.97 bits per heavy atom. The van der Waals surface area contributed by atoms with Gasteiger partial charge in [-0.3, -0.25) is 4.79 Å². The molecule has 5 nitrogen and oxygen atoms in total. The van der Waals surface area contributed by atoms with E-state index >= 15 is 0 Å². The minimum Gasteiger partial charge on any atom is -0.497 e. The van der Waals surface area contributed by atoms with Crippen molar-refractivity contribution in [2.45, 2.75) is 19.4 Å². The van der Waals surface area contributed by atoms with Crippen LogP contribution < -0.4 is 4.74 Å². The van der Waals surface area contributed by atoms with E-state index in [1.165, 1.54) is 0 Å². The van der Waals surface area contributed by atoms with Gasteiger partial charge in [0.15, 0.2) is 0 Å². The third kappa shape index (κ3) is 3.56. The Kier molecular flexibility index (Phi) is 5.02. The van der Waals surface area contributed by atoms with E-state index in [1.54, 1.807) is 7.11 Å². The number of carbonyl (C=O) groups excluding carboxylic acids is 1. The van der Waals surface area contributed by atoms with Gasteiger partial charge in [-0.1, -0.05) is 60.2 Å². The number of methoxy groups -OCH3 is 1. The predicted octanol–water partition coefficient (Wildman–Crippen LogP) is 5.69. The van der Waals surface area contributed by atoms with E-state index in [-0.39, 0.29) is 11.9 Å². The van der Waals surface area contributed by atoms with Crippen molar-refractivity contribution in [1.82, 2.24) is 14.9 Å². The molecule has 2 heterocycles. The van der Waals surface area contributed by atoms with Gasteiger partial charge in [0.05, 0.1) is 24.2 Å². The number of hydrogen-bond donors (Lipinski definition) is 1. The number of fused-ring (bicyclic) bond motifs is 1. The second-order valence-electron chi connectivity index (χ2n) is 8.32. The predicted molar refractivity (Wildman–Crippen MR) is 127 cm³/mol. The zero-order valence-corrected chi connectivity index (χ0v) is 18.3. The van der Waals surface area contributed by atoms with Crippen molar-refractivity contribution in [3.05, 3.63) is 95.8 Å². The number of nitrogens with one attached hydrogen (secondary N) is 1. The number of imidazole rings is 1. The lowest BCUT2D eigenvalue weighted by atomic mass is 9.97. The van der Waals surface area contributed by atoms with E-state index in [1.807, 2.05) is 59.5 Å². The second kappa shape index (κ2) is 8.00. The first-order valence-corrected chi connectivity index (χ1v) is 10.7. The molecule has 160 valence electrons. The molecule has 32 heavy (non-hydrogen) atoms. The Labute approximate surface area is 187 Å². The molecule has 1 aliphatic rings. The molecule has 0 radical (unpaired) electrons. The summed E-state index contributed by atoms with van der Waals surface area (Å²) in [5.41, 5.74) is 6.60. The second-order valence-corrected chi connectivity index (χ2v) is 8.32. The number of likely N-dealkylation sites (tertiary alicyclic amines) is 1. The molecule has 1 atom stereocenters. The van der Waals surface area contributed by atoms with Gasteiger partial charge in [-0.25, -0.2) is 4.98 Å². The third-order valence-electron chi connectivity index (χ3n) is 6.02. The van der Waals surface area contributed by atoms with Gasteiger partial charge < -0.3 is 14.6 Å². The SMILES string of the molecule is C=C1CC(c2nc3cc(OC)ccc3[nH]2)N(C(=O)c2ccccc2-c2cccc(C)c2)C1. The summed E-state index contributed by atoms with van der Waals surface area (Å²) in [6.45, 7) is 6.75. The molecule has 1 N–H and O–H groups in total. The number of aromatic nitrogens is 2. The van der Waals surface area contributed by atoms with Crippen LogP contribution in [0.1, 0.15) is 34.2 Å². The van der Waals surface area contributed by atoms with Crippen molar-refractivity contribution in [2.24, 2.45) is 0 Å². The smallest absolute Gasteiger partial charge is 0.255 e. The number of ether oxygens (including phenoxy) is 1. The Morgan fingerprint density at radius 1 is 1.12 bits per heavy atom. The topological polar surface area (TPSA) is 58.2 Å². The van der Waals surface area contributed by atoms with E-state index in [4.69, 9.17) is 9.72 Å². The molecule has 0 aliphatic carbocycles. The summed E-state index contributed by atoms with van der Waals surface area (Å²) in [6, 6.07) is 21.6. The van der Waals surface area contributed by atoms with Crippen LogP contribution in [0.3, 0.4) is 0 Å². The summed E-state index contributed by atoms with van der Waals surface area (Å²) in [5, 5.41) is 0. The van der Waals surface area contributed by atoms with Crippen molar-refractivity contribution in [3.63, 3.8) is 0 Å². The van der Waals surface area contributed by atoms with Crippen LogP contribution in [-0.2, 0) is 0 Å². The summed E-state index contributed by atoms with van der Waals surface area (Å²) >= 11 is 0. The Balaban J connectivity index is 1.53. The first-order chi connectivity index (χ1) is 15.5. The van der Waals surface area contributed by atoms with Crippen LogP contribution in [-0.4, -0.2) is 34.4 Å². The van der Waals surface area contributed by atoms with Crippen LogP contribution in [0, 0.1) is 6.92 Å².